The van der Waals surface area contributed by atoms with Crippen molar-refractivity contribution in [3.05, 3.63) is 29.6 Å². The second-order valence-corrected chi connectivity index (χ2v) is 4.97. The van der Waals surface area contributed by atoms with E-state index < -0.39 is 5.82 Å². The summed E-state index contributed by atoms with van der Waals surface area (Å²) >= 11 is 0. The fraction of sp³-hybridized carbons (Fsp3) is 0.467. The second-order valence-electron chi connectivity index (χ2n) is 4.97. The van der Waals surface area contributed by atoms with E-state index in [-0.39, 0.29) is 17.6 Å². The van der Waals surface area contributed by atoms with Crippen LogP contribution in [0.1, 0.15) is 12.5 Å². The highest BCUT2D eigenvalue weighted by atomic mass is 19.1. The molecule has 5 nitrogen and oxygen atoms in total. The van der Waals surface area contributed by atoms with Gasteiger partial charge in [-0.15, -0.1) is 0 Å². The quantitative estimate of drug-likeness (QED) is 0.788. The molecule has 6 heteroatoms. The number of esters is 1. The van der Waals surface area contributed by atoms with Crippen LogP contribution in [0.3, 0.4) is 0 Å². The molecule has 0 aromatic heterocycles. The first-order chi connectivity index (χ1) is 10.1. The van der Waals surface area contributed by atoms with Gasteiger partial charge in [-0.2, -0.15) is 5.26 Å². The van der Waals surface area contributed by atoms with Crippen LogP contribution in [0.4, 0.5) is 10.1 Å². The van der Waals surface area contributed by atoms with Crippen molar-refractivity contribution in [1.82, 2.24) is 4.90 Å². The molecule has 0 spiro atoms. The van der Waals surface area contributed by atoms with Gasteiger partial charge in [0, 0.05) is 26.2 Å². The minimum absolute atomic E-state index is 0.0759. The standard InChI is InChI=1S/C15H18FN3O2/c1-11(15(20)21-2)18-6-8-19(9-7-18)14-5-3-4-13(16)12(14)10-17/h3-5,11H,6-9H2,1-2H3/t11-/m1/s1. The van der Waals surface area contributed by atoms with Gasteiger partial charge >= 0.3 is 5.97 Å². The smallest absolute Gasteiger partial charge is 0.322 e. The summed E-state index contributed by atoms with van der Waals surface area (Å²) < 4.78 is 18.4. The SMILES string of the molecule is COC(=O)[C@@H](C)N1CCN(c2cccc(F)c2C#N)CC1. The highest BCUT2D eigenvalue weighted by Crippen LogP contribution is 2.24. The molecule has 21 heavy (non-hydrogen) atoms. The van der Waals surface area contributed by atoms with E-state index in [0.29, 0.717) is 31.9 Å². The van der Waals surface area contributed by atoms with E-state index in [9.17, 15) is 9.18 Å². The molecule has 1 aromatic rings. The number of nitriles is 1. The minimum atomic E-state index is -0.500. The summed E-state index contributed by atoms with van der Waals surface area (Å²) in [4.78, 5) is 15.5. The highest BCUT2D eigenvalue weighted by molar-refractivity contribution is 5.75. The highest BCUT2D eigenvalue weighted by Gasteiger charge is 2.27. The maximum Gasteiger partial charge on any atom is 0.322 e. The number of nitrogens with zero attached hydrogens (tertiary/aromatic N) is 3. The van der Waals surface area contributed by atoms with Crippen molar-refractivity contribution in [3.8, 4) is 6.07 Å². The van der Waals surface area contributed by atoms with Gasteiger partial charge in [-0.25, -0.2) is 4.39 Å². The topological polar surface area (TPSA) is 56.6 Å². The third-order valence-electron chi connectivity index (χ3n) is 3.85. The zero-order valence-electron chi connectivity index (χ0n) is 12.2. The molecule has 1 aromatic carbocycles. The predicted octanol–water partition coefficient (Wildman–Crippen LogP) is 1.38. The summed E-state index contributed by atoms with van der Waals surface area (Å²) in [5.41, 5.74) is 0.690. The van der Waals surface area contributed by atoms with Crippen LogP contribution in [-0.2, 0) is 9.53 Å². The largest absolute Gasteiger partial charge is 0.468 e. The van der Waals surface area contributed by atoms with Crippen molar-refractivity contribution in [3.63, 3.8) is 0 Å². The molecule has 0 radical (unpaired) electrons. The van der Waals surface area contributed by atoms with Crippen LogP contribution in [0, 0.1) is 17.1 Å². The molecule has 1 heterocycles. The molecule has 1 aliphatic heterocycles. The number of methoxy groups -OCH3 is 1. The van der Waals surface area contributed by atoms with E-state index >= 15 is 0 Å². The molecule has 2 rings (SSSR count). The molecule has 0 unspecified atom stereocenters. The Balaban J connectivity index is 2.07. The van der Waals surface area contributed by atoms with E-state index in [1.807, 2.05) is 22.8 Å². The number of carbonyl (C=O) groups is 1. The monoisotopic (exact) mass is 291 g/mol. The molecule has 1 fully saturated rings. The van der Waals surface area contributed by atoms with Crippen molar-refractivity contribution >= 4 is 11.7 Å². The van der Waals surface area contributed by atoms with Gasteiger partial charge < -0.3 is 9.64 Å². The Morgan fingerprint density at radius 3 is 2.62 bits per heavy atom. The molecule has 0 amide bonds. The Kier molecular flexibility index (Phi) is 4.76. The van der Waals surface area contributed by atoms with Crippen LogP contribution in [0.25, 0.3) is 0 Å². The first-order valence-corrected chi connectivity index (χ1v) is 6.84. The number of carbonyl (C=O) groups excluding carboxylic acids is 1. The lowest BCUT2D eigenvalue weighted by molar-refractivity contribution is -0.146. The lowest BCUT2D eigenvalue weighted by atomic mass is 10.1. The predicted molar refractivity (Wildman–Crippen MR) is 76.4 cm³/mol. The number of hydrogen-bond donors (Lipinski definition) is 0. The fourth-order valence-electron chi connectivity index (χ4n) is 2.56. The van der Waals surface area contributed by atoms with Crippen LogP contribution >= 0.6 is 0 Å². The van der Waals surface area contributed by atoms with Crippen LogP contribution in [-0.4, -0.2) is 50.2 Å². The van der Waals surface area contributed by atoms with Crippen LogP contribution in [0.2, 0.25) is 0 Å². The van der Waals surface area contributed by atoms with Gasteiger partial charge in [-0.1, -0.05) is 6.07 Å². The van der Waals surface area contributed by atoms with Crippen molar-refractivity contribution in [2.75, 3.05) is 38.2 Å². The minimum Gasteiger partial charge on any atom is -0.468 e. The summed E-state index contributed by atoms with van der Waals surface area (Å²) in [6.45, 7) is 4.42. The van der Waals surface area contributed by atoms with Crippen LogP contribution in [0.5, 0.6) is 0 Å². The van der Waals surface area contributed by atoms with Crippen molar-refractivity contribution in [1.29, 1.82) is 5.26 Å². The van der Waals surface area contributed by atoms with Crippen molar-refractivity contribution in [2.24, 2.45) is 0 Å². The molecular formula is C15H18FN3O2. The van der Waals surface area contributed by atoms with Gasteiger partial charge in [0.2, 0.25) is 0 Å². The maximum absolute atomic E-state index is 13.6. The first kappa shape index (κ1) is 15.3. The summed E-state index contributed by atoms with van der Waals surface area (Å²) in [6, 6.07) is 6.27. The molecule has 1 saturated heterocycles. The van der Waals surface area contributed by atoms with E-state index in [2.05, 4.69) is 0 Å². The zero-order chi connectivity index (χ0) is 15.4. The van der Waals surface area contributed by atoms with Crippen molar-refractivity contribution in [2.45, 2.75) is 13.0 Å². The Bertz CT molecular complexity index is 563. The van der Waals surface area contributed by atoms with Gasteiger partial charge in [0.15, 0.2) is 0 Å². The lowest BCUT2D eigenvalue weighted by Crippen LogP contribution is -2.52. The summed E-state index contributed by atoms with van der Waals surface area (Å²) in [7, 11) is 1.38. The fourth-order valence-corrected chi connectivity index (χ4v) is 2.56. The molecule has 0 saturated carbocycles. The maximum atomic E-state index is 13.6. The molecule has 1 atom stereocenters. The van der Waals surface area contributed by atoms with Crippen LogP contribution < -0.4 is 4.90 Å². The Morgan fingerprint density at radius 1 is 1.38 bits per heavy atom. The Hall–Kier alpha value is -2.13. The average molecular weight is 291 g/mol. The number of benzene rings is 1. The number of piperazine rings is 1. The van der Waals surface area contributed by atoms with Gasteiger partial charge in [0.1, 0.15) is 23.5 Å². The van der Waals surface area contributed by atoms with Gasteiger partial charge in [-0.3, -0.25) is 9.69 Å². The second kappa shape index (κ2) is 6.55. The summed E-state index contributed by atoms with van der Waals surface area (Å²) in [6.07, 6.45) is 0. The third-order valence-corrected chi connectivity index (χ3v) is 3.85. The zero-order valence-corrected chi connectivity index (χ0v) is 12.2. The molecule has 112 valence electrons. The molecule has 0 N–H and O–H groups in total. The van der Waals surface area contributed by atoms with Crippen molar-refractivity contribution < 1.29 is 13.9 Å². The van der Waals surface area contributed by atoms with Gasteiger partial charge in [0.25, 0.3) is 0 Å². The molecule has 0 bridgehead atoms. The Labute approximate surface area is 123 Å². The molecule has 0 aliphatic carbocycles. The number of halogens is 1. The summed E-state index contributed by atoms with van der Waals surface area (Å²) in [5.74, 6) is -0.757. The van der Waals surface area contributed by atoms with E-state index in [0.717, 1.165) is 0 Å². The lowest BCUT2D eigenvalue weighted by Gasteiger charge is -2.38. The Morgan fingerprint density at radius 2 is 2.05 bits per heavy atom. The first-order valence-electron chi connectivity index (χ1n) is 6.84. The number of anilines is 1. The number of ether oxygens (including phenoxy) is 1. The summed E-state index contributed by atoms with van der Waals surface area (Å²) in [5, 5.41) is 9.09. The normalized spacial score (nSPS) is 17.1. The van der Waals surface area contributed by atoms with E-state index in [1.165, 1.54) is 13.2 Å². The average Bonchev–Trinajstić information content (AvgIpc) is 2.53. The van der Waals surface area contributed by atoms with Gasteiger partial charge in [-0.05, 0) is 19.1 Å². The van der Waals surface area contributed by atoms with E-state index in [4.69, 9.17) is 10.00 Å². The van der Waals surface area contributed by atoms with E-state index in [1.54, 1.807) is 12.1 Å². The van der Waals surface area contributed by atoms with Crippen LogP contribution in [0.15, 0.2) is 18.2 Å². The van der Waals surface area contributed by atoms with Gasteiger partial charge in [0.05, 0.1) is 12.8 Å². The number of hydrogen-bond acceptors (Lipinski definition) is 5. The molecule has 1 aliphatic rings. The molecular weight excluding hydrogens is 273 g/mol. The third kappa shape index (κ3) is 3.14. The number of rotatable bonds is 3.